The number of benzene rings is 2. The summed E-state index contributed by atoms with van der Waals surface area (Å²) in [5, 5.41) is 2.09. The Bertz CT molecular complexity index is 1310. The summed E-state index contributed by atoms with van der Waals surface area (Å²) >= 11 is 6.26. The van der Waals surface area contributed by atoms with Crippen molar-refractivity contribution in [3.63, 3.8) is 0 Å². The number of carbonyl (C=O) groups excluding carboxylic acids is 1. The number of nitrogens with zero attached hydrogens (tertiary/aromatic N) is 4. The van der Waals surface area contributed by atoms with Gasteiger partial charge in [-0.05, 0) is 74.7 Å². The number of aromatic nitrogens is 1. The van der Waals surface area contributed by atoms with Gasteiger partial charge >= 0.3 is 0 Å². The van der Waals surface area contributed by atoms with Gasteiger partial charge in [-0.1, -0.05) is 36.7 Å². The van der Waals surface area contributed by atoms with Gasteiger partial charge in [0.25, 0.3) is 0 Å². The van der Waals surface area contributed by atoms with Gasteiger partial charge < -0.3 is 19.1 Å². The number of carbonyl (C=O) groups is 1. The van der Waals surface area contributed by atoms with E-state index in [1.54, 1.807) is 0 Å². The van der Waals surface area contributed by atoms with Crippen molar-refractivity contribution >= 4 is 28.4 Å². The Balaban J connectivity index is 1.37. The standard InChI is InChI=1S/C32H43ClN4O2/c1-5-25-8-6-9-28-26(20-35(4)31(25)28)21-36-13-7-12-32(22-36,19-30(38)37-16-14-34(3)15-17-37)23-39-27-10-11-29(33)24(2)18-27/h6,8-11,18,20H,5,7,12-17,19,21-23H2,1-4H3. The van der Waals surface area contributed by atoms with Crippen LogP contribution in [0.25, 0.3) is 10.9 Å². The number of halogens is 1. The number of aryl methyl sites for hydroxylation is 3. The third-order valence-corrected chi connectivity index (χ3v) is 9.16. The minimum absolute atomic E-state index is 0.231. The van der Waals surface area contributed by atoms with Crippen LogP contribution in [0.3, 0.4) is 0 Å². The van der Waals surface area contributed by atoms with Gasteiger partial charge in [0.05, 0.1) is 12.1 Å². The molecule has 0 radical (unpaired) electrons. The lowest BCUT2D eigenvalue weighted by molar-refractivity contribution is -0.137. The number of ether oxygens (including phenoxy) is 1. The first-order valence-electron chi connectivity index (χ1n) is 14.4. The lowest BCUT2D eigenvalue weighted by atomic mass is 9.77. The molecule has 2 saturated heterocycles. The minimum Gasteiger partial charge on any atom is -0.493 e. The number of fused-ring (bicyclic) bond motifs is 1. The van der Waals surface area contributed by atoms with Crippen molar-refractivity contribution < 1.29 is 9.53 Å². The maximum Gasteiger partial charge on any atom is 0.223 e. The molecule has 1 amide bonds. The summed E-state index contributed by atoms with van der Waals surface area (Å²) < 4.78 is 8.71. The van der Waals surface area contributed by atoms with Gasteiger partial charge in [0.1, 0.15) is 5.75 Å². The van der Waals surface area contributed by atoms with Crippen LogP contribution in [0.5, 0.6) is 5.75 Å². The van der Waals surface area contributed by atoms with Crippen molar-refractivity contribution in [1.82, 2.24) is 19.3 Å². The zero-order chi connectivity index (χ0) is 27.6. The molecule has 7 heteroatoms. The SMILES string of the molecule is CCc1cccc2c(CN3CCCC(COc4ccc(Cl)c(C)c4)(CC(=O)N4CCN(C)CC4)C3)cn(C)c12. The van der Waals surface area contributed by atoms with Crippen LogP contribution in [0.15, 0.2) is 42.6 Å². The number of likely N-dealkylation sites (N-methyl/N-ethyl adjacent to an activating group) is 1. The molecule has 0 bridgehead atoms. The van der Waals surface area contributed by atoms with E-state index in [0.29, 0.717) is 13.0 Å². The van der Waals surface area contributed by atoms with Crippen molar-refractivity contribution in [3.8, 4) is 5.75 Å². The van der Waals surface area contributed by atoms with Crippen molar-refractivity contribution in [2.75, 3.05) is 52.9 Å². The van der Waals surface area contributed by atoms with Gasteiger partial charge in [-0.3, -0.25) is 9.69 Å². The van der Waals surface area contributed by atoms with Crippen LogP contribution >= 0.6 is 11.6 Å². The fourth-order valence-corrected chi connectivity index (χ4v) is 6.59. The molecule has 0 saturated carbocycles. The topological polar surface area (TPSA) is 41.0 Å². The molecule has 0 spiro atoms. The van der Waals surface area contributed by atoms with Gasteiger partial charge in [-0.15, -0.1) is 0 Å². The Morgan fingerprint density at radius 2 is 1.85 bits per heavy atom. The molecule has 39 heavy (non-hydrogen) atoms. The van der Waals surface area contributed by atoms with E-state index in [1.165, 1.54) is 22.0 Å². The van der Waals surface area contributed by atoms with E-state index in [2.05, 4.69) is 64.7 Å². The molecule has 1 unspecified atom stereocenters. The quantitative estimate of drug-likeness (QED) is 0.370. The van der Waals surface area contributed by atoms with Crippen LogP contribution < -0.4 is 4.74 Å². The number of hydrogen-bond acceptors (Lipinski definition) is 4. The Morgan fingerprint density at radius 3 is 2.59 bits per heavy atom. The predicted molar refractivity (Wildman–Crippen MR) is 160 cm³/mol. The number of hydrogen-bond donors (Lipinski definition) is 0. The largest absolute Gasteiger partial charge is 0.493 e. The average Bonchev–Trinajstić information content (AvgIpc) is 3.25. The average molecular weight is 551 g/mol. The zero-order valence-corrected chi connectivity index (χ0v) is 24.8. The van der Waals surface area contributed by atoms with Gasteiger partial charge in [0.2, 0.25) is 5.91 Å². The van der Waals surface area contributed by atoms with Gasteiger partial charge in [-0.2, -0.15) is 0 Å². The van der Waals surface area contributed by atoms with Gasteiger partial charge in [0, 0.05) is 74.8 Å². The second kappa shape index (κ2) is 11.9. The fraction of sp³-hybridized carbons (Fsp3) is 0.531. The molecular formula is C32H43ClN4O2. The smallest absolute Gasteiger partial charge is 0.223 e. The molecule has 2 fully saturated rings. The monoisotopic (exact) mass is 550 g/mol. The molecule has 2 aliphatic heterocycles. The third-order valence-electron chi connectivity index (χ3n) is 8.74. The lowest BCUT2D eigenvalue weighted by Gasteiger charge is -2.43. The summed E-state index contributed by atoms with van der Waals surface area (Å²) in [6, 6.07) is 12.5. The Morgan fingerprint density at radius 1 is 1.05 bits per heavy atom. The van der Waals surface area contributed by atoms with E-state index in [4.69, 9.17) is 16.3 Å². The van der Waals surface area contributed by atoms with Crippen LogP contribution in [0.1, 0.15) is 42.9 Å². The highest BCUT2D eigenvalue weighted by molar-refractivity contribution is 6.31. The summed E-state index contributed by atoms with van der Waals surface area (Å²) in [6.45, 7) is 11.0. The molecule has 0 N–H and O–H groups in total. The third kappa shape index (κ3) is 6.29. The summed E-state index contributed by atoms with van der Waals surface area (Å²) in [7, 11) is 4.28. The van der Waals surface area contributed by atoms with E-state index in [0.717, 1.165) is 81.4 Å². The van der Waals surface area contributed by atoms with E-state index >= 15 is 0 Å². The van der Waals surface area contributed by atoms with E-state index in [1.807, 2.05) is 25.1 Å². The maximum atomic E-state index is 13.6. The number of rotatable bonds is 8. The van der Waals surface area contributed by atoms with Crippen LogP contribution in [0.4, 0.5) is 0 Å². The molecule has 210 valence electrons. The summed E-state index contributed by atoms with van der Waals surface area (Å²) in [5.74, 6) is 1.08. The Hall–Kier alpha value is -2.54. The maximum absolute atomic E-state index is 13.6. The molecule has 3 aromatic rings. The van der Waals surface area contributed by atoms with Crippen LogP contribution in [-0.2, 0) is 24.8 Å². The molecule has 2 aliphatic rings. The Kier molecular flexibility index (Phi) is 8.55. The highest BCUT2D eigenvalue weighted by Crippen LogP contribution is 2.37. The van der Waals surface area contributed by atoms with E-state index in [-0.39, 0.29) is 11.3 Å². The van der Waals surface area contributed by atoms with Crippen molar-refractivity contribution in [3.05, 3.63) is 64.3 Å². The van der Waals surface area contributed by atoms with Crippen molar-refractivity contribution in [1.29, 1.82) is 0 Å². The second-order valence-electron chi connectivity index (χ2n) is 11.8. The molecule has 1 atom stereocenters. The second-order valence-corrected chi connectivity index (χ2v) is 12.2. The molecule has 1 aromatic heterocycles. The molecular weight excluding hydrogens is 508 g/mol. The first kappa shape index (κ1) is 28.0. The van der Waals surface area contributed by atoms with Crippen molar-refractivity contribution in [2.24, 2.45) is 12.5 Å². The van der Waals surface area contributed by atoms with Crippen LogP contribution in [-0.4, -0.2) is 78.1 Å². The molecule has 6 nitrogen and oxygen atoms in total. The highest BCUT2D eigenvalue weighted by atomic mass is 35.5. The summed E-state index contributed by atoms with van der Waals surface area (Å²) in [5.41, 5.74) is 4.86. The highest BCUT2D eigenvalue weighted by Gasteiger charge is 2.40. The number of para-hydroxylation sites is 1. The summed E-state index contributed by atoms with van der Waals surface area (Å²) in [6.07, 6.45) is 5.89. The number of piperidine rings is 1. The first-order valence-corrected chi connectivity index (χ1v) is 14.8. The number of piperazine rings is 1. The minimum atomic E-state index is -0.231. The van der Waals surface area contributed by atoms with E-state index < -0.39 is 0 Å². The zero-order valence-electron chi connectivity index (χ0n) is 24.0. The molecule has 5 rings (SSSR count). The lowest BCUT2D eigenvalue weighted by Crippen LogP contribution is -2.52. The molecule has 0 aliphatic carbocycles. The number of amides is 1. The van der Waals surface area contributed by atoms with E-state index in [9.17, 15) is 4.79 Å². The normalized spacial score (nSPS) is 21.0. The van der Waals surface area contributed by atoms with Crippen LogP contribution in [0, 0.1) is 12.3 Å². The predicted octanol–water partition coefficient (Wildman–Crippen LogP) is 5.53. The first-order chi connectivity index (χ1) is 18.8. The summed E-state index contributed by atoms with van der Waals surface area (Å²) in [4.78, 5) is 20.5. The van der Waals surface area contributed by atoms with Crippen LogP contribution in [0.2, 0.25) is 5.02 Å². The Labute approximate surface area is 238 Å². The van der Waals surface area contributed by atoms with Gasteiger partial charge in [-0.25, -0.2) is 0 Å². The van der Waals surface area contributed by atoms with Gasteiger partial charge in [0.15, 0.2) is 0 Å². The molecule has 2 aromatic carbocycles. The fourth-order valence-electron chi connectivity index (χ4n) is 6.48. The van der Waals surface area contributed by atoms with Crippen molar-refractivity contribution in [2.45, 2.75) is 46.1 Å². The molecule has 3 heterocycles. The number of likely N-dealkylation sites (tertiary alicyclic amines) is 1.